The van der Waals surface area contributed by atoms with Gasteiger partial charge in [-0.1, -0.05) is 6.92 Å². The molecule has 1 aromatic rings. The smallest absolute Gasteiger partial charge is 0.148 e. The molecule has 1 aliphatic rings. The average Bonchev–Trinajstić information content (AvgIpc) is 2.37. The minimum absolute atomic E-state index is 0.206. The van der Waals surface area contributed by atoms with E-state index in [9.17, 15) is 0 Å². The number of nitrogens with one attached hydrogen (secondary N) is 1. The molecule has 1 aromatic heterocycles. The number of ether oxygens (including phenoxy) is 1. The van der Waals surface area contributed by atoms with Gasteiger partial charge < -0.3 is 15.1 Å². The Balaban J connectivity index is 2.37. The van der Waals surface area contributed by atoms with Gasteiger partial charge in [0, 0.05) is 25.1 Å². The van der Waals surface area contributed by atoms with Crippen LogP contribution in [0.1, 0.15) is 32.2 Å². The van der Waals surface area contributed by atoms with Gasteiger partial charge in [-0.3, -0.25) is 0 Å². The number of nitrogens with zero attached hydrogens (tertiary/aromatic N) is 3. The summed E-state index contributed by atoms with van der Waals surface area (Å²) in [5, 5.41) is 0. The number of morpholine rings is 1. The molecule has 0 aromatic carbocycles. The molecule has 6 nitrogen and oxygen atoms in total. The van der Waals surface area contributed by atoms with E-state index in [0.717, 1.165) is 36.7 Å². The first kappa shape index (κ1) is 14.0. The zero-order valence-corrected chi connectivity index (χ0v) is 12.1. The molecule has 2 heterocycles. The second kappa shape index (κ2) is 5.71. The van der Waals surface area contributed by atoms with Crippen molar-refractivity contribution in [1.82, 2.24) is 9.97 Å². The maximum absolute atomic E-state index is 5.77. The topological polar surface area (TPSA) is 76.3 Å². The van der Waals surface area contributed by atoms with Crippen LogP contribution in [0.15, 0.2) is 0 Å². The summed E-state index contributed by atoms with van der Waals surface area (Å²) in [7, 11) is 0. The first-order valence-corrected chi connectivity index (χ1v) is 6.79. The Hall–Kier alpha value is -1.40. The van der Waals surface area contributed by atoms with Gasteiger partial charge in [0.15, 0.2) is 0 Å². The highest BCUT2D eigenvalue weighted by molar-refractivity contribution is 5.58. The number of rotatable bonds is 3. The molecule has 1 saturated heterocycles. The lowest BCUT2D eigenvalue weighted by Gasteiger charge is -2.37. The molecule has 1 fully saturated rings. The van der Waals surface area contributed by atoms with Crippen LogP contribution in [-0.4, -0.2) is 35.3 Å². The molecule has 0 saturated carbocycles. The van der Waals surface area contributed by atoms with E-state index < -0.39 is 0 Å². The number of hydrazine groups is 1. The van der Waals surface area contributed by atoms with Crippen LogP contribution in [0.4, 0.5) is 11.6 Å². The van der Waals surface area contributed by atoms with Gasteiger partial charge in [0.2, 0.25) is 0 Å². The van der Waals surface area contributed by atoms with Crippen molar-refractivity contribution in [2.24, 2.45) is 5.84 Å². The van der Waals surface area contributed by atoms with Crippen LogP contribution < -0.4 is 16.2 Å². The SMILES string of the molecule is CCc1nc(NN)c(C)c(N2C[C@@H](C)O[C@@H](C)C2)n1. The molecule has 106 valence electrons. The van der Waals surface area contributed by atoms with Crippen molar-refractivity contribution < 1.29 is 4.74 Å². The highest BCUT2D eigenvalue weighted by atomic mass is 16.5. The van der Waals surface area contributed by atoms with Gasteiger partial charge in [-0.15, -0.1) is 0 Å². The molecule has 0 bridgehead atoms. The van der Waals surface area contributed by atoms with Crippen molar-refractivity contribution in [2.45, 2.75) is 46.3 Å². The van der Waals surface area contributed by atoms with Crippen LogP contribution in [0.5, 0.6) is 0 Å². The van der Waals surface area contributed by atoms with Crippen LogP contribution in [0.3, 0.4) is 0 Å². The van der Waals surface area contributed by atoms with Gasteiger partial charge >= 0.3 is 0 Å². The number of anilines is 2. The molecular formula is C13H23N5O. The molecule has 0 radical (unpaired) electrons. The van der Waals surface area contributed by atoms with Crippen molar-refractivity contribution in [3.63, 3.8) is 0 Å². The highest BCUT2D eigenvalue weighted by Gasteiger charge is 2.25. The van der Waals surface area contributed by atoms with Gasteiger partial charge in [0.25, 0.3) is 0 Å². The van der Waals surface area contributed by atoms with E-state index in [-0.39, 0.29) is 12.2 Å². The Morgan fingerprint density at radius 1 is 1.32 bits per heavy atom. The molecule has 19 heavy (non-hydrogen) atoms. The molecule has 0 amide bonds. The van der Waals surface area contributed by atoms with Gasteiger partial charge in [-0.2, -0.15) is 0 Å². The standard InChI is InChI=1S/C13H23N5O/c1-5-11-15-12(17-14)10(4)13(16-11)18-6-8(2)19-9(3)7-18/h8-9H,5-7,14H2,1-4H3,(H,15,16,17)/t8-,9+. The lowest BCUT2D eigenvalue weighted by atomic mass is 10.2. The summed E-state index contributed by atoms with van der Waals surface area (Å²) in [6.07, 6.45) is 1.20. The molecule has 3 N–H and O–H groups in total. The van der Waals surface area contributed by atoms with Crippen LogP contribution in [0, 0.1) is 6.92 Å². The van der Waals surface area contributed by atoms with E-state index in [0.29, 0.717) is 5.82 Å². The van der Waals surface area contributed by atoms with Crippen LogP contribution in [0.2, 0.25) is 0 Å². The Morgan fingerprint density at radius 2 is 1.95 bits per heavy atom. The van der Waals surface area contributed by atoms with Crippen molar-refractivity contribution in [3.8, 4) is 0 Å². The Morgan fingerprint density at radius 3 is 2.47 bits per heavy atom. The molecule has 0 unspecified atom stereocenters. The van der Waals surface area contributed by atoms with Gasteiger partial charge in [-0.25, -0.2) is 15.8 Å². The molecule has 0 aliphatic carbocycles. The third kappa shape index (κ3) is 2.96. The monoisotopic (exact) mass is 265 g/mol. The predicted molar refractivity (Wildman–Crippen MR) is 76.2 cm³/mol. The molecular weight excluding hydrogens is 242 g/mol. The summed E-state index contributed by atoms with van der Waals surface area (Å²) < 4.78 is 5.77. The van der Waals surface area contributed by atoms with Gasteiger partial charge in [-0.05, 0) is 20.8 Å². The molecule has 2 atom stereocenters. The summed E-state index contributed by atoms with van der Waals surface area (Å²) in [5.74, 6) is 8.01. The molecule has 2 rings (SSSR count). The largest absolute Gasteiger partial charge is 0.372 e. The fourth-order valence-corrected chi connectivity index (χ4v) is 2.51. The van der Waals surface area contributed by atoms with Crippen LogP contribution >= 0.6 is 0 Å². The van der Waals surface area contributed by atoms with E-state index >= 15 is 0 Å². The minimum atomic E-state index is 0.206. The number of aryl methyl sites for hydroxylation is 1. The molecule has 1 aliphatic heterocycles. The van der Waals surface area contributed by atoms with E-state index in [1.54, 1.807) is 0 Å². The van der Waals surface area contributed by atoms with E-state index in [1.807, 2.05) is 13.8 Å². The number of nitrogen functional groups attached to an aromatic ring is 1. The van der Waals surface area contributed by atoms with Crippen LogP contribution in [0.25, 0.3) is 0 Å². The summed E-state index contributed by atoms with van der Waals surface area (Å²) in [4.78, 5) is 11.3. The summed E-state index contributed by atoms with van der Waals surface area (Å²) >= 11 is 0. The number of aromatic nitrogens is 2. The summed E-state index contributed by atoms with van der Waals surface area (Å²) in [5.41, 5.74) is 3.65. The fraction of sp³-hybridized carbons (Fsp3) is 0.692. The van der Waals surface area contributed by atoms with Crippen molar-refractivity contribution in [2.75, 3.05) is 23.4 Å². The Kier molecular flexibility index (Phi) is 4.21. The number of nitrogens with two attached hydrogens (primary N) is 1. The van der Waals surface area contributed by atoms with Crippen LogP contribution in [-0.2, 0) is 11.2 Å². The van der Waals surface area contributed by atoms with Crippen molar-refractivity contribution in [1.29, 1.82) is 0 Å². The maximum atomic E-state index is 5.77. The quantitative estimate of drug-likeness (QED) is 0.632. The molecule has 0 spiro atoms. The van der Waals surface area contributed by atoms with Crippen molar-refractivity contribution in [3.05, 3.63) is 11.4 Å². The zero-order chi connectivity index (χ0) is 14.0. The number of hydrogen-bond acceptors (Lipinski definition) is 6. The lowest BCUT2D eigenvalue weighted by molar-refractivity contribution is -0.00550. The first-order valence-electron chi connectivity index (χ1n) is 6.79. The zero-order valence-electron chi connectivity index (χ0n) is 12.1. The van der Waals surface area contributed by atoms with E-state index in [1.165, 1.54) is 0 Å². The van der Waals surface area contributed by atoms with E-state index in [4.69, 9.17) is 10.6 Å². The Bertz CT molecular complexity index is 441. The third-order valence-electron chi connectivity index (χ3n) is 3.34. The molecule has 6 heteroatoms. The number of hydrogen-bond donors (Lipinski definition) is 2. The normalized spacial score (nSPS) is 23.5. The van der Waals surface area contributed by atoms with Gasteiger partial charge in [0.1, 0.15) is 17.5 Å². The second-order valence-electron chi connectivity index (χ2n) is 5.10. The summed E-state index contributed by atoms with van der Waals surface area (Å²) in [6.45, 7) is 9.89. The average molecular weight is 265 g/mol. The minimum Gasteiger partial charge on any atom is -0.372 e. The third-order valence-corrected chi connectivity index (χ3v) is 3.34. The first-order chi connectivity index (χ1) is 9.05. The lowest BCUT2D eigenvalue weighted by Crippen LogP contribution is -2.46. The second-order valence-corrected chi connectivity index (χ2v) is 5.10. The Labute approximate surface area is 114 Å². The highest BCUT2D eigenvalue weighted by Crippen LogP contribution is 2.26. The summed E-state index contributed by atoms with van der Waals surface area (Å²) in [6, 6.07) is 0. The van der Waals surface area contributed by atoms with E-state index in [2.05, 4.69) is 34.1 Å². The maximum Gasteiger partial charge on any atom is 0.148 e. The van der Waals surface area contributed by atoms with Crippen molar-refractivity contribution >= 4 is 11.6 Å². The predicted octanol–water partition coefficient (Wildman–Crippen LogP) is 1.25. The van der Waals surface area contributed by atoms with Gasteiger partial charge in [0.05, 0.1) is 12.2 Å². The fourth-order valence-electron chi connectivity index (χ4n) is 2.51.